The van der Waals surface area contributed by atoms with Gasteiger partial charge in [-0.05, 0) is 24.3 Å². The summed E-state index contributed by atoms with van der Waals surface area (Å²) in [6, 6.07) is 1.59. The summed E-state index contributed by atoms with van der Waals surface area (Å²) in [6.07, 6.45) is -4.96. The van der Waals surface area contributed by atoms with Crippen LogP contribution in [0.4, 0.5) is 30.7 Å². The molecular formula is C13H4BrF7O. The minimum Gasteiger partial charge on any atom is -0.448 e. The fourth-order valence-corrected chi connectivity index (χ4v) is 1.95. The fraction of sp³-hybridized carbons (Fsp3) is 0.0769. The average Bonchev–Trinajstić information content (AvgIpc) is 2.37. The van der Waals surface area contributed by atoms with E-state index in [-0.39, 0.29) is 16.6 Å². The second kappa shape index (κ2) is 5.79. The average molecular weight is 389 g/mol. The van der Waals surface area contributed by atoms with Crippen LogP contribution in [0, 0.1) is 23.3 Å². The second-order valence-electron chi connectivity index (χ2n) is 4.07. The molecule has 0 aromatic heterocycles. The van der Waals surface area contributed by atoms with Crippen molar-refractivity contribution in [2.75, 3.05) is 0 Å². The molecule has 0 spiro atoms. The maximum atomic E-state index is 13.6. The Balaban J connectivity index is 2.47. The third-order valence-corrected chi connectivity index (χ3v) is 2.96. The molecule has 0 unspecified atom stereocenters. The van der Waals surface area contributed by atoms with Crippen molar-refractivity contribution in [3.05, 3.63) is 57.6 Å². The molecule has 0 bridgehead atoms. The summed E-state index contributed by atoms with van der Waals surface area (Å²) in [5.41, 5.74) is -1.57. The molecular weight excluding hydrogens is 385 g/mol. The zero-order valence-corrected chi connectivity index (χ0v) is 11.8. The van der Waals surface area contributed by atoms with Gasteiger partial charge in [0.15, 0.2) is 29.0 Å². The van der Waals surface area contributed by atoms with E-state index in [0.29, 0.717) is 0 Å². The van der Waals surface area contributed by atoms with E-state index < -0.39 is 46.5 Å². The van der Waals surface area contributed by atoms with E-state index >= 15 is 0 Å². The van der Waals surface area contributed by atoms with Crippen LogP contribution in [0.3, 0.4) is 0 Å². The molecule has 0 aliphatic rings. The van der Waals surface area contributed by atoms with Gasteiger partial charge < -0.3 is 4.74 Å². The Labute approximate surface area is 127 Å². The van der Waals surface area contributed by atoms with Gasteiger partial charge in [-0.1, -0.05) is 15.9 Å². The highest BCUT2D eigenvalue weighted by atomic mass is 79.9. The van der Waals surface area contributed by atoms with Gasteiger partial charge in [0.05, 0.1) is 5.56 Å². The van der Waals surface area contributed by atoms with Crippen LogP contribution in [0.15, 0.2) is 28.7 Å². The number of rotatable bonds is 2. The Bertz CT molecular complexity index is 704. The lowest BCUT2D eigenvalue weighted by Gasteiger charge is -2.12. The Kier molecular flexibility index (Phi) is 4.37. The lowest BCUT2D eigenvalue weighted by molar-refractivity contribution is -0.138. The number of alkyl halides is 3. The lowest BCUT2D eigenvalue weighted by atomic mass is 10.2. The molecule has 118 valence electrons. The lowest BCUT2D eigenvalue weighted by Crippen LogP contribution is -2.07. The van der Waals surface area contributed by atoms with Crippen LogP contribution < -0.4 is 4.74 Å². The van der Waals surface area contributed by atoms with Gasteiger partial charge in [0, 0.05) is 4.47 Å². The Hall–Kier alpha value is -1.77. The fourth-order valence-electron chi connectivity index (χ4n) is 1.54. The van der Waals surface area contributed by atoms with Crippen LogP contribution in [0.2, 0.25) is 0 Å². The minimum absolute atomic E-state index is 0.00845. The molecule has 22 heavy (non-hydrogen) atoms. The topological polar surface area (TPSA) is 9.23 Å². The molecule has 0 saturated carbocycles. The van der Waals surface area contributed by atoms with Gasteiger partial charge in [0.25, 0.3) is 0 Å². The zero-order valence-electron chi connectivity index (χ0n) is 10.2. The normalized spacial score (nSPS) is 11.6. The van der Waals surface area contributed by atoms with Gasteiger partial charge >= 0.3 is 6.18 Å². The summed E-state index contributed by atoms with van der Waals surface area (Å²) in [5.74, 6) is -8.47. The quantitative estimate of drug-likeness (QED) is 0.465. The summed E-state index contributed by atoms with van der Waals surface area (Å²) in [4.78, 5) is 0. The van der Waals surface area contributed by atoms with Gasteiger partial charge in [-0.2, -0.15) is 17.6 Å². The third kappa shape index (κ3) is 3.34. The standard InChI is InChI=1S/C13H4BrF7O/c14-6-3-7(15)11(18)10(4-6)22-12-8(16)1-5(2-9(12)17)13(19,20)21/h1-4H. The SMILES string of the molecule is Fc1cc(Br)cc(Oc2c(F)cc(C(F)(F)F)cc2F)c1F. The number of hydrogen-bond donors (Lipinski definition) is 0. The van der Waals surface area contributed by atoms with Crippen molar-refractivity contribution < 1.29 is 35.5 Å². The monoisotopic (exact) mass is 388 g/mol. The maximum Gasteiger partial charge on any atom is 0.416 e. The Morgan fingerprint density at radius 1 is 0.818 bits per heavy atom. The van der Waals surface area contributed by atoms with E-state index in [1.807, 2.05) is 0 Å². The van der Waals surface area contributed by atoms with E-state index in [9.17, 15) is 30.7 Å². The van der Waals surface area contributed by atoms with Crippen LogP contribution in [0.1, 0.15) is 5.56 Å². The predicted molar refractivity (Wildman–Crippen MR) is 65.5 cm³/mol. The molecule has 1 nitrogen and oxygen atoms in total. The third-order valence-electron chi connectivity index (χ3n) is 2.50. The summed E-state index contributed by atoms with van der Waals surface area (Å²) in [5, 5.41) is 0. The van der Waals surface area contributed by atoms with Crippen LogP contribution in [0.5, 0.6) is 11.5 Å². The van der Waals surface area contributed by atoms with E-state index in [4.69, 9.17) is 0 Å². The molecule has 0 amide bonds. The summed E-state index contributed by atoms with van der Waals surface area (Å²) >= 11 is 2.81. The van der Waals surface area contributed by atoms with Gasteiger partial charge in [-0.15, -0.1) is 0 Å². The first-order chi connectivity index (χ1) is 10.1. The van der Waals surface area contributed by atoms with Gasteiger partial charge in [0.1, 0.15) is 0 Å². The van der Waals surface area contributed by atoms with Crippen molar-refractivity contribution in [3.63, 3.8) is 0 Å². The summed E-state index contributed by atoms with van der Waals surface area (Å²) in [7, 11) is 0. The van der Waals surface area contributed by atoms with E-state index in [0.717, 1.165) is 12.1 Å². The molecule has 0 atom stereocenters. The number of benzene rings is 2. The van der Waals surface area contributed by atoms with E-state index in [1.54, 1.807) is 0 Å². The van der Waals surface area contributed by atoms with Crippen molar-refractivity contribution in [2.45, 2.75) is 6.18 Å². The molecule has 0 fully saturated rings. The number of ether oxygens (including phenoxy) is 1. The molecule has 9 heteroatoms. The van der Waals surface area contributed by atoms with E-state index in [1.165, 1.54) is 0 Å². The van der Waals surface area contributed by atoms with Crippen molar-refractivity contribution in [1.29, 1.82) is 0 Å². The summed E-state index contributed by atoms with van der Waals surface area (Å²) < 4.78 is 95.4. The van der Waals surface area contributed by atoms with Gasteiger partial charge in [0.2, 0.25) is 5.82 Å². The molecule has 0 heterocycles. The first-order valence-corrected chi connectivity index (χ1v) is 6.27. The van der Waals surface area contributed by atoms with Crippen molar-refractivity contribution >= 4 is 15.9 Å². The molecule has 2 aromatic rings. The van der Waals surface area contributed by atoms with Gasteiger partial charge in [-0.3, -0.25) is 0 Å². The number of halogens is 8. The molecule has 0 aliphatic heterocycles. The van der Waals surface area contributed by atoms with E-state index in [2.05, 4.69) is 20.7 Å². The molecule has 0 aliphatic carbocycles. The first kappa shape index (κ1) is 16.6. The van der Waals surface area contributed by atoms with Crippen LogP contribution >= 0.6 is 15.9 Å². The predicted octanol–water partition coefficient (Wildman–Crippen LogP) is 5.82. The zero-order chi connectivity index (χ0) is 16.7. The van der Waals surface area contributed by atoms with Crippen LogP contribution in [-0.2, 0) is 6.18 Å². The van der Waals surface area contributed by atoms with Crippen LogP contribution in [0.25, 0.3) is 0 Å². The highest BCUT2D eigenvalue weighted by molar-refractivity contribution is 9.10. The van der Waals surface area contributed by atoms with Crippen molar-refractivity contribution in [1.82, 2.24) is 0 Å². The highest BCUT2D eigenvalue weighted by Crippen LogP contribution is 2.37. The molecule has 0 saturated heterocycles. The smallest absolute Gasteiger partial charge is 0.416 e. The Morgan fingerprint density at radius 2 is 1.36 bits per heavy atom. The number of hydrogen-bond acceptors (Lipinski definition) is 1. The minimum atomic E-state index is -4.96. The molecule has 0 radical (unpaired) electrons. The second-order valence-corrected chi connectivity index (χ2v) is 4.98. The first-order valence-electron chi connectivity index (χ1n) is 5.48. The molecule has 0 N–H and O–H groups in total. The Morgan fingerprint density at radius 3 is 1.86 bits per heavy atom. The summed E-state index contributed by atoms with van der Waals surface area (Å²) in [6.45, 7) is 0. The highest BCUT2D eigenvalue weighted by Gasteiger charge is 2.33. The largest absolute Gasteiger partial charge is 0.448 e. The van der Waals surface area contributed by atoms with Crippen molar-refractivity contribution in [3.8, 4) is 11.5 Å². The maximum absolute atomic E-state index is 13.6. The molecule has 2 aromatic carbocycles. The van der Waals surface area contributed by atoms with Crippen LogP contribution in [-0.4, -0.2) is 0 Å². The van der Waals surface area contributed by atoms with Crippen molar-refractivity contribution in [2.24, 2.45) is 0 Å². The van der Waals surface area contributed by atoms with Gasteiger partial charge in [-0.25, -0.2) is 13.2 Å². The molecule has 2 rings (SSSR count).